The number of nitrogens with one attached hydrogen (secondary N) is 1. The summed E-state index contributed by atoms with van der Waals surface area (Å²) in [4.78, 5) is 35.6. The van der Waals surface area contributed by atoms with Crippen LogP contribution in [0.4, 0.5) is 5.69 Å². The summed E-state index contributed by atoms with van der Waals surface area (Å²) in [5.74, 6) is -0.848. The number of fused-ring (bicyclic) bond motifs is 1. The monoisotopic (exact) mass is 414 g/mol. The van der Waals surface area contributed by atoms with E-state index in [1.54, 1.807) is 35.0 Å². The van der Waals surface area contributed by atoms with E-state index >= 15 is 0 Å². The largest absolute Gasteiger partial charge is 0.465 e. The maximum atomic E-state index is 12.5. The summed E-state index contributed by atoms with van der Waals surface area (Å²) in [6.45, 7) is 0.00147. The highest BCUT2D eigenvalue weighted by Gasteiger charge is 2.15. The van der Waals surface area contributed by atoms with Crippen molar-refractivity contribution in [1.82, 2.24) is 4.57 Å². The number of rotatable bonds is 5. The number of carbonyl (C=O) groups is 3. The number of ether oxygens (including phenoxy) is 1. The highest BCUT2D eigenvalue weighted by Crippen LogP contribution is 2.24. The number of hydrogen-bond acceptors (Lipinski definition) is 4. The minimum Gasteiger partial charge on any atom is -0.465 e. The Labute approximate surface area is 157 Å². The number of para-hydroxylation sites is 1. The van der Waals surface area contributed by atoms with E-state index in [4.69, 9.17) is 4.74 Å². The van der Waals surface area contributed by atoms with Gasteiger partial charge in [0.25, 0.3) is 0 Å². The van der Waals surface area contributed by atoms with Crippen LogP contribution in [0.2, 0.25) is 0 Å². The lowest BCUT2D eigenvalue weighted by Crippen LogP contribution is -2.20. The average molecular weight is 415 g/mol. The van der Waals surface area contributed by atoms with Crippen molar-refractivity contribution >= 4 is 50.7 Å². The van der Waals surface area contributed by atoms with E-state index in [2.05, 4.69) is 21.2 Å². The number of aromatic nitrogens is 1. The number of carbonyl (C=O) groups excluding carboxylic acids is 3. The predicted molar refractivity (Wildman–Crippen MR) is 101 cm³/mol. The van der Waals surface area contributed by atoms with Crippen LogP contribution in [0.15, 0.2) is 53.1 Å². The third-order valence-electron chi connectivity index (χ3n) is 3.92. The highest BCUT2D eigenvalue weighted by atomic mass is 79.9. The maximum absolute atomic E-state index is 12.5. The van der Waals surface area contributed by atoms with Crippen LogP contribution in [0.5, 0.6) is 0 Å². The molecule has 26 heavy (non-hydrogen) atoms. The van der Waals surface area contributed by atoms with E-state index in [0.717, 1.165) is 21.7 Å². The molecule has 0 aliphatic carbocycles. The second-order valence-electron chi connectivity index (χ2n) is 5.58. The molecule has 2 aromatic carbocycles. The fourth-order valence-corrected chi connectivity index (χ4v) is 3.11. The number of halogens is 1. The average Bonchev–Trinajstić information content (AvgIpc) is 2.98. The molecule has 1 N–H and O–H groups in total. The third-order valence-corrected chi connectivity index (χ3v) is 4.41. The fraction of sp³-hybridized carbons (Fsp3) is 0.105. The van der Waals surface area contributed by atoms with Crippen LogP contribution < -0.4 is 5.32 Å². The second kappa shape index (κ2) is 7.53. The number of methoxy groups -OCH3 is 1. The molecular formula is C19H15BrN2O4. The summed E-state index contributed by atoms with van der Waals surface area (Å²) in [6, 6.07) is 12.1. The Morgan fingerprint density at radius 3 is 2.73 bits per heavy atom. The zero-order valence-electron chi connectivity index (χ0n) is 13.9. The second-order valence-corrected chi connectivity index (χ2v) is 6.49. The number of anilines is 1. The molecule has 6 nitrogen and oxygen atoms in total. The maximum Gasteiger partial charge on any atom is 0.339 e. The van der Waals surface area contributed by atoms with Crippen LogP contribution in [0.25, 0.3) is 10.9 Å². The Bertz CT molecular complexity index is 1010. The summed E-state index contributed by atoms with van der Waals surface area (Å²) in [5, 5.41) is 3.48. The molecule has 3 aromatic rings. The number of hydrogen-bond donors (Lipinski definition) is 1. The van der Waals surface area contributed by atoms with Gasteiger partial charge in [-0.25, -0.2) is 4.79 Å². The molecule has 0 saturated carbocycles. The van der Waals surface area contributed by atoms with Gasteiger partial charge in [-0.2, -0.15) is 0 Å². The minimum atomic E-state index is -0.527. The van der Waals surface area contributed by atoms with Gasteiger partial charge < -0.3 is 14.6 Å². The molecule has 1 aromatic heterocycles. The van der Waals surface area contributed by atoms with Gasteiger partial charge in [0.15, 0.2) is 6.29 Å². The Morgan fingerprint density at radius 1 is 1.23 bits per heavy atom. The number of esters is 1. The van der Waals surface area contributed by atoms with Crippen molar-refractivity contribution in [1.29, 1.82) is 0 Å². The van der Waals surface area contributed by atoms with Gasteiger partial charge in [0.1, 0.15) is 6.54 Å². The number of nitrogens with zero attached hydrogens (tertiary/aromatic N) is 1. The first-order chi connectivity index (χ1) is 12.5. The first-order valence-electron chi connectivity index (χ1n) is 7.74. The molecule has 0 aliphatic rings. The molecular weight excluding hydrogens is 400 g/mol. The highest BCUT2D eigenvalue weighted by molar-refractivity contribution is 9.10. The molecule has 1 heterocycles. The van der Waals surface area contributed by atoms with Gasteiger partial charge in [-0.3, -0.25) is 9.59 Å². The smallest absolute Gasteiger partial charge is 0.339 e. The molecule has 3 rings (SSSR count). The van der Waals surface area contributed by atoms with Crippen LogP contribution in [0, 0.1) is 0 Å². The lowest BCUT2D eigenvalue weighted by Gasteiger charge is -2.10. The lowest BCUT2D eigenvalue weighted by atomic mass is 10.2. The Kier molecular flexibility index (Phi) is 5.18. The van der Waals surface area contributed by atoms with Crippen LogP contribution in [-0.2, 0) is 16.1 Å². The Morgan fingerprint density at radius 2 is 2.00 bits per heavy atom. The zero-order valence-corrected chi connectivity index (χ0v) is 15.4. The molecule has 0 atom stereocenters. The number of amides is 1. The van der Waals surface area contributed by atoms with Crippen molar-refractivity contribution < 1.29 is 19.1 Å². The van der Waals surface area contributed by atoms with Crippen LogP contribution in [0.1, 0.15) is 20.7 Å². The topological polar surface area (TPSA) is 77.4 Å². The van der Waals surface area contributed by atoms with Gasteiger partial charge >= 0.3 is 5.97 Å². The van der Waals surface area contributed by atoms with Crippen LogP contribution in [0.3, 0.4) is 0 Å². The van der Waals surface area contributed by atoms with Crippen LogP contribution in [-0.4, -0.2) is 29.8 Å². The van der Waals surface area contributed by atoms with Crippen molar-refractivity contribution in [2.45, 2.75) is 6.54 Å². The summed E-state index contributed by atoms with van der Waals surface area (Å²) in [7, 11) is 1.28. The standard InChI is InChI=1S/C19H15BrN2O4/c1-26-19(25)14-4-2-3-5-16(14)21-18(24)10-22-9-12(11-23)15-8-13(20)6-7-17(15)22/h2-9,11H,10H2,1H3,(H,21,24). The van der Waals surface area contributed by atoms with Gasteiger partial charge in [0.2, 0.25) is 5.91 Å². The first kappa shape index (κ1) is 17.9. The molecule has 0 unspecified atom stereocenters. The van der Waals surface area contributed by atoms with Crippen molar-refractivity contribution in [3.05, 3.63) is 64.3 Å². The molecule has 0 radical (unpaired) electrons. The van der Waals surface area contributed by atoms with Crippen molar-refractivity contribution in [3.63, 3.8) is 0 Å². The minimum absolute atomic E-state index is 0.00147. The quantitative estimate of drug-likeness (QED) is 0.510. The van der Waals surface area contributed by atoms with E-state index in [9.17, 15) is 14.4 Å². The molecule has 132 valence electrons. The van der Waals surface area contributed by atoms with E-state index < -0.39 is 5.97 Å². The molecule has 7 heteroatoms. The van der Waals surface area contributed by atoms with E-state index in [1.807, 2.05) is 18.2 Å². The lowest BCUT2D eigenvalue weighted by molar-refractivity contribution is -0.116. The summed E-state index contributed by atoms with van der Waals surface area (Å²) in [6.07, 6.45) is 2.39. The summed E-state index contributed by atoms with van der Waals surface area (Å²) >= 11 is 3.38. The van der Waals surface area contributed by atoms with Gasteiger partial charge in [0, 0.05) is 27.1 Å². The first-order valence-corrected chi connectivity index (χ1v) is 8.53. The fourth-order valence-electron chi connectivity index (χ4n) is 2.75. The van der Waals surface area contributed by atoms with E-state index in [1.165, 1.54) is 7.11 Å². The van der Waals surface area contributed by atoms with Gasteiger partial charge in [-0.15, -0.1) is 0 Å². The van der Waals surface area contributed by atoms with Crippen LogP contribution >= 0.6 is 15.9 Å². The summed E-state index contributed by atoms with van der Waals surface area (Å²) < 4.78 is 7.27. The molecule has 0 fully saturated rings. The van der Waals surface area contributed by atoms with Crippen molar-refractivity contribution in [3.8, 4) is 0 Å². The zero-order chi connectivity index (χ0) is 18.7. The molecule has 0 aliphatic heterocycles. The SMILES string of the molecule is COC(=O)c1ccccc1NC(=O)Cn1cc(C=O)c2cc(Br)ccc21. The number of aldehydes is 1. The molecule has 0 bridgehead atoms. The molecule has 1 amide bonds. The van der Waals surface area contributed by atoms with Gasteiger partial charge in [-0.1, -0.05) is 28.1 Å². The van der Waals surface area contributed by atoms with Gasteiger partial charge in [0.05, 0.1) is 18.4 Å². The van der Waals surface area contributed by atoms with Crippen molar-refractivity contribution in [2.24, 2.45) is 0 Å². The predicted octanol–water partition coefficient (Wildman–Crippen LogP) is 3.64. The summed E-state index contributed by atoms with van der Waals surface area (Å²) in [5.41, 5.74) is 1.92. The van der Waals surface area contributed by atoms with Crippen molar-refractivity contribution in [2.75, 3.05) is 12.4 Å². The normalized spacial score (nSPS) is 10.5. The molecule has 0 saturated heterocycles. The number of benzene rings is 2. The van der Waals surface area contributed by atoms with Gasteiger partial charge in [-0.05, 0) is 30.3 Å². The third kappa shape index (κ3) is 3.52. The van der Waals surface area contributed by atoms with E-state index in [0.29, 0.717) is 11.3 Å². The Balaban J connectivity index is 1.87. The molecule has 0 spiro atoms. The van der Waals surface area contributed by atoms with E-state index in [-0.39, 0.29) is 18.0 Å². The Hall–Kier alpha value is -2.93.